The normalized spacial score (nSPS) is 16.8. The number of thiazole rings is 1. The van der Waals surface area contributed by atoms with E-state index in [2.05, 4.69) is 15.2 Å². The molecule has 35 heavy (non-hydrogen) atoms. The first-order valence-electron chi connectivity index (χ1n) is 11.3. The Morgan fingerprint density at radius 3 is 2.60 bits per heavy atom. The van der Waals surface area contributed by atoms with Gasteiger partial charge in [-0.25, -0.2) is 13.8 Å². The largest absolute Gasteiger partial charge is 0.345 e. The summed E-state index contributed by atoms with van der Waals surface area (Å²) in [6.45, 7) is 2.82. The molecule has 0 unspecified atom stereocenters. The molecule has 10 heteroatoms. The van der Waals surface area contributed by atoms with Crippen molar-refractivity contribution in [2.45, 2.75) is 12.1 Å². The molecule has 2 amide bonds. The van der Waals surface area contributed by atoms with Crippen molar-refractivity contribution in [2.75, 3.05) is 26.2 Å². The van der Waals surface area contributed by atoms with Crippen molar-refractivity contribution in [3.05, 3.63) is 82.4 Å². The third-order valence-electron chi connectivity index (χ3n) is 6.64. The van der Waals surface area contributed by atoms with Gasteiger partial charge in [-0.05, 0) is 36.4 Å². The first-order valence-corrected chi connectivity index (χ1v) is 12.1. The molecule has 0 bridgehead atoms. The molecule has 2 aliphatic heterocycles. The van der Waals surface area contributed by atoms with Crippen molar-refractivity contribution < 1.29 is 18.4 Å². The molecule has 0 saturated carbocycles. The zero-order chi connectivity index (χ0) is 24.1. The molecule has 2 saturated heterocycles. The van der Waals surface area contributed by atoms with Gasteiger partial charge >= 0.3 is 0 Å². The molecule has 178 valence electrons. The van der Waals surface area contributed by atoms with Gasteiger partial charge in [0.15, 0.2) is 5.01 Å². The van der Waals surface area contributed by atoms with E-state index in [1.807, 2.05) is 11.0 Å². The smallest absolute Gasteiger partial charge is 0.280 e. The lowest BCUT2D eigenvalue weighted by Crippen LogP contribution is -2.70. The number of halogens is 2. The van der Waals surface area contributed by atoms with Crippen LogP contribution in [0.4, 0.5) is 8.78 Å². The van der Waals surface area contributed by atoms with Gasteiger partial charge in [-0.3, -0.25) is 14.5 Å². The first-order chi connectivity index (χ1) is 17.0. The number of carbonyl (C=O) groups excluding carboxylic acids is 2. The third-order valence-corrected chi connectivity index (χ3v) is 7.42. The second-order valence-electron chi connectivity index (χ2n) is 8.88. The maximum atomic E-state index is 14.2. The lowest BCUT2D eigenvalue weighted by molar-refractivity contribution is -0.00940. The molecule has 7 nitrogen and oxygen atoms in total. The van der Waals surface area contributed by atoms with Crippen LogP contribution < -0.4 is 5.32 Å². The quantitative estimate of drug-likeness (QED) is 0.463. The lowest BCUT2D eigenvalue weighted by Gasteiger charge is -2.51. The van der Waals surface area contributed by atoms with Gasteiger partial charge in [0.1, 0.15) is 11.6 Å². The van der Waals surface area contributed by atoms with E-state index in [-0.39, 0.29) is 23.5 Å². The van der Waals surface area contributed by atoms with Gasteiger partial charge < -0.3 is 14.8 Å². The summed E-state index contributed by atoms with van der Waals surface area (Å²) < 4.78 is 29.2. The predicted molar refractivity (Wildman–Crippen MR) is 128 cm³/mol. The fourth-order valence-corrected chi connectivity index (χ4v) is 5.22. The van der Waals surface area contributed by atoms with Crippen LogP contribution in [0.3, 0.4) is 0 Å². The molecule has 0 spiro atoms. The molecule has 6 rings (SSSR count). The van der Waals surface area contributed by atoms with E-state index in [1.54, 1.807) is 40.5 Å². The Balaban J connectivity index is 1.06. The van der Waals surface area contributed by atoms with Gasteiger partial charge in [-0.1, -0.05) is 0 Å². The standard InChI is InChI=1S/C25H21F2N5O2S/c26-17-2-4-22(20(27)10-17)32-7-5-15-9-16(1-3-21(15)32)25(34)31-13-19(14-31)30-11-18(12-30)29-23(33)24-28-6-8-35-24/h1-10,18-19H,11-14H2,(H,29,33). The highest BCUT2D eigenvalue weighted by Crippen LogP contribution is 2.27. The highest BCUT2D eigenvalue weighted by molar-refractivity contribution is 7.11. The maximum absolute atomic E-state index is 14.2. The molecular weight excluding hydrogens is 472 g/mol. The van der Waals surface area contributed by atoms with Crippen LogP contribution in [0.25, 0.3) is 16.6 Å². The Morgan fingerprint density at radius 1 is 1.03 bits per heavy atom. The maximum Gasteiger partial charge on any atom is 0.280 e. The Bertz CT molecular complexity index is 1430. The summed E-state index contributed by atoms with van der Waals surface area (Å²) >= 11 is 1.32. The van der Waals surface area contributed by atoms with Gasteiger partial charge in [0.05, 0.1) is 17.2 Å². The molecule has 2 aliphatic rings. The molecule has 4 heterocycles. The molecule has 0 radical (unpaired) electrons. The minimum atomic E-state index is -0.648. The third kappa shape index (κ3) is 3.98. The number of hydrogen-bond donors (Lipinski definition) is 1. The van der Waals surface area contributed by atoms with Crippen LogP contribution in [0.1, 0.15) is 20.2 Å². The summed E-state index contributed by atoms with van der Waals surface area (Å²) in [4.78, 5) is 33.2. The SMILES string of the molecule is O=C(NC1CN(C2CN(C(=O)c3ccc4c(ccn4-c4ccc(F)cc4F)c3)C2)C1)c1nccs1. The summed E-state index contributed by atoms with van der Waals surface area (Å²) in [6, 6.07) is 11.0. The number of aromatic nitrogens is 2. The van der Waals surface area contributed by atoms with Gasteiger partial charge in [0.25, 0.3) is 11.8 Å². The van der Waals surface area contributed by atoms with E-state index >= 15 is 0 Å². The summed E-state index contributed by atoms with van der Waals surface area (Å²) in [7, 11) is 0. The Hall–Kier alpha value is -3.63. The number of carbonyl (C=O) groups is 2. The molecule has 2 aromatic heterocycles. The zero-order valence-corrected chi connectivity index (χ0v) is 19.3. The Kier molecular flexibility index (Phi) is 5.34. The Morgan fingerprint density at radius 2 is 1.86 bits per heavy atom. The van der Waals surface area contributed by atoms with Crippen molar-refractivity contribution in [2.24, 2.45) is 0 Å². The number of amides is 2. The van der Waals surface area contributed by atoms with Crippen LogP contribution in [0, 0.1) is 11.6 Å². The molecule has 4 aromatic rings. The minimum Gasteiger partial charge on any atom is -0.345 e. The number of fused-ring (bicyclic) bond motifs is 1. The van der Waals surface area contributed by atoms with Crippen LogP contribution >= 0.6 is 11.3 Å². The lowest BCUT2D eigenvalue weighted by atomic mass is 9.98. The van der Waals surface area contributed by atoms with Crippen molar-refractivity contribution >= 4 is 34.1 Å². The molecule has 0 aliphatic carbocycles. The summed E-state index contributed by atoms with van der Waals surface area (Å²) in [5.74, 6) is -1.46. The highest BCUT2D eigenvalue weighted by atomic mass is 32.1. The zero-order valence-electron chi connectivity index (χ0n) is 18.5. The first kappa shape index (κ1) is 21.9. The second kappa shape index (κ2) is 8.54. The van der Waals surface area contributed by atoms with Crippen molar-refractivity contribution in [3.63, 3.8) is 0 Å². The van der Waals surface area contributed by atoms with E-state index in [0.29, 0.717) is 29.7 Å². The molecule has 2 aromatic carbocycles. The van der Waals surface area contributed by atoms with Gasteiger partial charge in [-0.2, -0.15) is 0 Å². The highest BCUT2D eigenvalue weighted by Gasteiger charge is 2.41. The van der Waals surface area contributed by atoms with Crippen LogP contribution in [-0.4, -0.2) is 69.4 Å². The van der Waals surface area contributed by atoms with Crippen molar-refractivity contribution in [1.82, 2.24) is 24.7 Å². The van der Waals surface area contributed by atoms with Crippen LogP contribution in [0.15, 0.2) is 60.2 Å². The number of benzene rings is 2. The fraction of sp³-hybridized carbons (Fsp3) is 0.240. The van der Waals surface area contributed by atoms with Crippen LogP contribution in [0.5, 0.6) is 0 Å². The molecule has 1 N–H and O–H groups in total. The van der Waals surface area contributed by atoms with Gasteiger partial charge in [-0.15, -0.1) is 11.3 Å². The van der Waals surface area contributed by atoms with Crippen molar-refractivity contribution in [3.8, 4) is 5.69 Å². The molecule has 0 atom stereocenters. The van der Waals surface area contributed by atoms with E-state index in [4.69, 9.17) is 0 Å². The average molecular weight is 494 g/mol. The van der Waals surface area contributed by atoms with E-state index in [1.165, 1.54) is 23.5 Å². The minimum absolute atomic E-state index is 0.0435. The molecule has 2 fully saturated rings. The predicted octanol–water partition coefficient (Wildman–Crippen LogP) is 3.30. The van der Waals surface area contributed by atoms with E-state index in [0.717, 1.165) is 30.1 Å². The van der Waals surface area contributed by atoms with Crippen molar-refractivity contribution in [1.29, 1.82) is 0 Å². The monoisotopic (exact) mass is 493 g/mol. The number of nitrogens with one attached hydrogen (secondary N) is 1. The number of hydrogen-bond acceptors (Lipinski definition) is 5. The Labute approximate surface area is 203 Å². The number of likely N-dealkylation sites (tertiary alicyclic amines) is 2. The number of nitrogens with zero attached hydrogens (tertiary/aromatic N) is 4. The van der Waals surface area contributed by atoms with Gasteiger partial charge in [0.2, 0.25) is 0 Å². The topological polar surface area (TPSA) is 70.5 Å². The summed E-state index contributed by atoms with van der Waals surface area (Å²) in [5, 5.41) is 6.04. The second-order valence-corrected chi connectivity index (χ2v) is 9.78. The van der Waals surface area contributed by atoms with Crippen LogP contribution in [-0.2, 0) is 0 Å². The fourth-order valence-electron chi connectivity index (χ4n) is 4.68. The van der Waals surface area contributed by atoms with Crippen LogP contribution in [0.2, 0.25) is 0 Å². The average Bonchev–Trinajstić information content (AvgIpc) is 3.46. The van der Waals surface area contributed by atoms with Gasteiger partial charge in [0, 0.05) is 67.0 Å². The molecular formula is C25H21F2N5O2S. The van der Waals surface area contributed by atoms with E-state index < -0.39 is 11.6 Å². The summed E-state index contributed by atoms with van der Waals surface area (Å²) in [5.41, 5.74) is 1.56. The number of rotatable bonds is 5. The summed E-state index contributed by atoms with van der Waals surface area (Å²) in [6.07, 6.45) is 3.33. The van der Waals surface area contributed by atoms with E-state index in [9.17, 15) is 18.4 Å².